The van der Waals surface area contributed by atoms with Crippen molar-refractivity contribution < 1.29 is 14.4 Å². The molecule has 6 heteroatoms. The van der Waals surface area contributed by atoms with Gasteiger partial charge in [0.1, 0.15) is 0 Å². The van der Waals surface area contributed by atoms with Gasteiger partial charge in [0.15, 0.2) is 0 Å². The number of hydrogen-bond acceptors (Lipinski definition) is 3. The van der Waals surface area contributed by atoms with Gasteiger partial charge in [-0.25, -0.2) is 0 Å². The molecule has 1 aliphatic heterocycles. The van der Waals surface area contributed by atoms with Crippen LogP contribution in [0.5, 0.6) is 0 Å². The molecule has 1 aliphatic carbocycles. The SMILES string of the molecule is Cc1ccc(C)c(CN(C(=O)c2cccc(NC(=O)C3CC3)c2)c2ccc3c(c2)CCC(=O)N3)c1. The first-order valence-electron chi connectivity index (χ1n) is 12.1. The van der Waals surface area contributed by atoms with E-state index in [9.17, 15) is 14.4 Å². The summed E-state index contributed by atoms with van der Waals surface area (Å²) in [5.41, 5.74) is 7.06. The third kappa shape index (κ3) is 5.11. The number of hydrogen-bond donors (Lipinski definition) is 2. The lowest BCUT2D eigenvalue weighted by atomic mass is 10.0. The fourth-order valence-corrected chi connectivity index (χ4v) is 4.43. The van der Waals surface area contributed by atoms with Gasteiger partial charge in [0.25, 0.3) is 5.91 Å². The molecule has 1 heterocycles. The summed E-state index contributed by atoms with van der Waals surface area (Å²) >= 11 is 0. The molecule has 0 atom stereocenters. The van der Waals surface area contributed by atoms with Gasteiger partial charge in [0.05, 0.1) is 6.54 Å². The highest BCUT2D eigenvalue weighted by Gasteiger charge is 2.30. The molecule has 6 nitrogen and oxygen atoms in total. The van der Waals surface area contributed by atoms with Gasteiger partial charge in [0, 0.05) is 35.0 Å². The summed E-state index contributed by atoms with van der Waals surface area (Å²) in [5.74, 6) is -0.0310. The molecule has 0 radical (unpaired) electrons. The Morgan fingerprint density at radius 3 is 2.63 bits per heavy atom. The maximum Gasteiger partial charge on any atom is 0.258 e. The molecule has 0 unspecified atom stereocenters. The molecular formula is C29H29N3O3. The topological polar surface area (TPSA) is 78.5 Å². The van der Waals surface area contributed by atoms with Gasteiger partial charge in [-0.15, -0.1) is 0 Å². The number of aryl methyl sites for hydroxylation is 3. The van der Waals surface area contributed by atoms with Crippen LogP contribution in [0.1, 0.15) is 51.9 Å². The van der Waals surface area contributed by atoms with E-state index in [0.29, 0.717) is 30.6 Å². The number of anilines is 3. The van der Waals surface area contributed by atoms with Crippen LogP contribution in [0, 0.1) is 19.8 Å². The molecule has 5 rings (SSSR count). The fraction of sp³-hybridized carbons (Fsp3) is 0.276. The quantitative estimate of drug-likeness (QED) is 0.511. The van der Waals surface area contributed by atoms with E-state index in [0.717, 1.165) is 46.5 Å². The normalized spacial score (nSPS) is 14.6. The molecule has 0 spiro atoms. The van der Waals surface area contributed by atoms with Crippen LogP contribution in [-0.4, -0.2) is 17.7 Å². The first-order valence-corrected chi connectivity index (χ1v) is 12.1. The molecule has 2 N–H and O–H groups in total. The van der Waals surface area contributed by atoms with E-state index in [1.165, 1.54) is 0 Å². The average molecular weight is 468 g/mol. The minimum absolute atomic E-state index is 0.0126. The largest absolute Gasteiger partial charge is 0.326 e. The molecular weight excluding hydrogens is 438 g/mol. The van der Waals surface area contributed by atoms with Crippen molar-refractivity contribution in [3.8, 4) is 0 Å². The zero-order valence-corrected chi connectivity index (χ0v) is 20.1. The maximum absolute atomic E-state index is 13.9. The Hall–Kier alpha value is -3.93. The van der Waals surface area contributed by atoms with Crippen molar-refractivity contribution in [2.75, 3.05) is 15.5 Å². The smallest absolute Gasteiger partial charge is 0.258 e. The van der Waals surface area contributed by atoms with E-state index < -0.39 is 0 Å². The van der Waals surface area contributed by atoms with Crippen LogP contribution in [0.4, 0.5) is 17.1 Å². The molecule has 0 bridgehead atoms. The van der Waals surface area contributed by atoms with Crippen molar-refractivity contribution in [3.05, 3.63) is 88.5 Å². The number of nitrogens with one attached hydrogen (secondary N) is 2. The van der Waals surface area contributed by atoms with Gasteiger partial charge < -0.3 is 15.5 Å². The second kappa shape index (κ2) is 9.37. The van der Waals surface area contributed by atoms with Gasteiger partial charge in [-0.2, -0.15) is 0 Å². The third-order valence-corrected chi connectivity index (χ3v) is 6.70. The minimum Gasteiger partial charge on any atom is -0.326 e. The summed E-state index contributed by atoms with van der Waals surface area (Å²) in [6.07, 6.45) is 2.92. The first kappa shape index (κ1) is 22.8. The highest BCUT2D eigenvalue weighted by atomic mass is 16.2. The molecule has 3 aromatic rings. The first-order chi connectivity index (χ1) is 16.9. The number of carbonyl (C=O) groups excluding carboxylic acids is 3. The molecule has 3 aromatic carbocycles. The van der Waals surface area contributed by atoms with Crippen molar-refractivity contribution in [2.24, 2.45) is 5.92 Å². The number of benzene rings is 3. The molecule has 178 valence electrons. The van der Waals surface area contributed by atoms with Crippen LogP contribution in [0.15, 0.2) is 60.7 Å². The Kier molecular flexibility index (Phi) is 6.12. The summed E-state index contributed by atoms with van der Waals surface area (Å²) in [4.78, 5) is 39.7. The van der Waals surface area contributed by atoms with Crippen LogP contribution in [-0.2, 0) is 22.6 Å². The van der Waals surface area contributed by atoms with E-state index in [1.807, 2.05) is 38.1 Å². The lowest BCUT2D eigenvalue weighted by Gasteiger charge is -2.26. The third-order valence-electron chi connectivity index (χ3n) is 6.70. The summed E-state index contributed by atoms with van der Waals surface area (Å²) < 4.78 is 0. The Morgan fingerprint density at radius 1 is 1.00 bits per heavy atom. The van der Waals surface area contributed by atoms with E-state index in [4.69, 9.17) is 0 Å². The molecule has 1 saturated carbocycles. The zero-order chi connectivity index (χ0) is 24.5. The molecule has 2 aliphatic rings. The standard InChI is InChI=1S/C29H29N3O3/c1-18-6-7-19(2)23(14-18)17-32(25-11-12-26-21(16-25)10-13-27(33)31-26)29(35)22-4-3-5-24(15-22)30-28(34)20-8-9-20/h3-7,11-12,14-16,20H,8-10,13,17H2,1-2H3,(H,30,34)(H,31,33). The van der Waals surface area contributed by atoms with E-state index >= 15 is 0 Å². The number of nitrogens with zero attached hydrogens (tertiary/aromatic N) is 1. The second-order valence-electron chi connectivity index (χ2n) is 9.56. The van der Waals surface area contributed by atoms with Gasteiger partial charge in [-0.3, -0.25) is 14.4 Å². The van der Waals surface area contributed by atoms with Gasteiger partial charge in [-0.1, -0.05) is 29.8 Å². The minimum atomic E-state index is -0.145. The molecule has 3 amide bonds. The van der Waals surface area contributed by atoms with Gasteiger partial charge in [0.2, 0.25) is 11.8 Å². The summed E-state index contributed by atoms with van der Waals surface area (Å²) in [7, 11) is 0. The second-order valence-corrected chi connectivity index (χ2v) is 9.56. The fourth-order valence-electron chi connectivity index (χ4n) is 4.43. The van der Waals surface area contributed by atoms with Crippen molar-refractivity contribution in [2.45, 2.75) is 46.1 Å². The highest BCUT2D eigenvalue weighted by Crippen LogP contribution is 2.32. The van der Waals surface area contributed by atoms with Gasteiger partial charge >= 0.3 is 0 Å². The summed E-state index contributed by atoms with van der Waals surface area (Å²) in [6, 6.07) is 19.1. The predicted octanol–water partition coefficient (Wildman–Crippen LogP) is 5.38. The average Bonchev–Trinajstić information content (AvgIpc) is 3.70. The van der Waals surface area contributed by atoms with Crippen LogP contribution in [0.2, 0.25) is 0 Å². The van der Waals surface area contributed by atoms with Crippen LogP contribution >= 0.6 is 0 Å². The summed E-state index contributed by atoms with van der Waals surface area (Å²) in [6.45, 7) is 4.51. The van der Waals surface area contributed by atoms with Crippen molar-refractivity contribution in [3.63, 3.8) is 0 Å². The summed E-state index contributed by atoms with van der Waals surface area (Å²) in [5, 5.41) is 5.85. The number of fused-ring (bicyclic) bond motifs is 1. The van der Waals surface area contributed by atoms with Crippen LogP contribution in [0.3, 0.4) is 0 Å². The number of rotatable bonds is 6. The van der Waals surface area contributed by atoms with E-state index in [-0.39, 0.29) is 23.6 Å². The lowest BCUT2D eigenvalue weighted by Crippen LogP contribution is -2.31. The number of carbonyl (C=O) groups is 3. The molecule has 35 heavy (non-hydrogen) atoms. The van der Waals surface area contributed by atoms with Crippen molar-refractivity contribution >= 4 is 34.8 Å². The highest BCUT2D eigenvalue weighted by molar-refractivity contribution is 6.07. The number of amides is 3. The van der Waals surface area contributed by atoms with E-state index in [1.54, 1.807) is 23.1 Å². The Bertz CT molecular complexity index is 1330. The van der Waals surface area contributed by atoms with Crippen molar-refractivity contribution in [1.82, 2.24) is 0 Å². The van der Waals surface area contributed by atoms with Gasteiger partial charge in [-0.05, 0) is 86.2 Å². The van der Waals surface area contributed by atoms with Crippen molar-refractivity contribution in [1.29, 1.82) is 0 Å². The lowest BCUT2D eigenvalue weighted by molar-refractivity contribution is -0.117. The van der Waals surface area contributed by atoms with Crippen LogP contribution in [0.25, 0.3) is 0 Å². The Balaban J connectivity index is 1.49. The monoisotopic (exact) mass is 467 g/mol. The predicted molar refractivity (Wildman–Crippen MR) is 138 cm³/mol. The zero-order valence-electron chi connectivity index (χ0n) is 20.1. The molecule has 0 saturated heterocycles. The maximum atomic E-state index is 13.9. The molecule has 0 aromatic heterocycles. The Morgan fingerprint density at radius 2 is 1.83 bits per heavy atom. The van der Waals surface area contributed by atoms with Crippen LogP contribution < -0.4 is 15.5 Å². The Labute approximate surface area is 205 Å². The molecule has 1 fully saturated rings. The van der Waals surface area contributed by atoms with E-state index in [2.05, 4.69) is 28.8 Å².